The summed E-state index contributed by atoms with van der Waals surface area (Å²) < 4.78 is 39.0. The van der Waals surface area contributed by atoms with Gasteiger partial charge in [-0.25, -0.2) is 17.8 Å². The number of benzene rings is 3. The largest absolute Gasteiger partial charge is 0.338 e. The van der Waals surface area contributed by atoms with E-state index in [1.54, 1.807) is 12.1 Å². The molecule has 0 unspecified atom stereocenters. The van der Waals surface area contributed by atoms with Crippen LogP contribution in [-0.4, -0.2) is 42.2 Å². The lowest BCUT2D eigenvalue weighted by Crippen LogP contribution is -2.34. The Hall–Kier alpha value is -3.56. The predicted octanol–water partition coefficient (Wildman–Crippen LogP) is 3.63. The number of anilines is 1. The molecule has 0 bridgehead atoms. The van der Waals surface area contributed by atoms with Crippen LogP contribution in [0, 0.1) is 5.82 Å². The van der Waals surface area contributed by atoms with Gasteiger partial charge in [0.25, 0.3) is 0 Å². The molecule has 158 valence electrons. The highest BCUT2D eigenvalue weighted by molar-refractivity contribution is 7.89. The summed E-state index contributed by atoms with van der Waals surface area (Å²) in [6, 6.07) is 19.2. The van der Waals surface area contributed by atoms with Crippen molar-refractivity contribution in [2.75, 3.05) is 18.9 Å². The van der Waals surface area contributed by atoms with E-state index in [-0.39, 0.29) is 11.4 Å². The van der Waals surface area contributed by atoms with Gasteiger partial charge in [0.1, 0.15) is 11.6 Å². The first-order valence-electron chi connectivity index (χ1n) is 9.40. The van der Waals surface area contributed by atoms with Crippen LogP contribution < -0.4 is 5.32 Å². The van der Waals surface area contributed by atoms with Crippen LogP contribution in [0.1, 0.15) is 0 Å². The topological polar surface area (TPSA) is 95.2 Å². The fourth-order valence-electron chi connectivity index (χ4n) is 3.08. The van der Waals surface area contributed by atoms with Crippen molar-refractivity contribution in [1.29, 1.82) is 0 Å². The van der Waals surface area contributed by atoms with Crippen LogP contribution in [0.4, 0.5) is 10.1 Å². The summed E-state index contributed by atoms with van der Waals surface area (Å²) in [7, 11) is -2.61. The van der Waals surface area contributed by atoms with Crippen molar-refractivity contribution < 1.29 is 17.6 Å². The van der Waals surface area contributed by atoms with E-state index < -0.39 is 21.7 Å². The third-order valence-electron chi connectivity index (χ3n) is 4.72. The number of H-pyrrole nitrogens is 1. The predicted molar refractivity (Wildman–Crippen MR) is 116 cm³/mol. The molecular formula is C22H19FN4O3S. The van der Waals surface area contributed by atoms with Gasteiger partial charge in [-0.2, -0.15) is 4.31 Å². The third kappa shape index (κ3) is 4.47. The molecule has 0 saturated heterocycles. The summed E-state index contributed by atoms with van der Waals surface area (Å²) in [4.78, 5) is 20.0. The Morgan fingerprint density at radius 2 is 1.71 bits per heavy atom. The van der Waals surface area contributed by atoms with E-state index in [9.17, 15) is 17.6 Å². The fourth-order valence-corrected chi connectivity index (χ4v) is 4.20. The summed E-state index contributed by atoms with van der Waals surface area (Å²) in [5, 5.41) is 2.68. The SMILES string of the molecule is CN(CC(=O)Nc1ccc(-c2nc3ccccc3[nH]2)cc1)S(=O)(=O)c1ccc(F)cc1. The number of nitrogens with zero attached hydrogens (tertiary/aromatic N) is 2. The van der Waals surface area contributed by atoms with Gasteiger partial charge >= 0.3 is 0 Å². The van der Waals surface area contributed by atoms with Gasteiger partial charge in [-0.3, -0.25) is 4.79 Å². The molecule has 31 heavy (non-hydrogen) atoms. The summed E-state index contributed by atoms with van der Waals surface area (Å²) in [5.41, 5.74) is 3.17. The molecule has 0 fully saturated rings. The van der Waals surface area contributed by atoms with Crippen LogP contribution in [0.5, 0.6) is 0 Å². The summed E-state index contributed by atoms with van der Waals surface area (Å²) >= 11 is 0. The van der Waals surface area contributed by atoms with Gasteiger partial charge in [0.05, 0.1) is 22.5 Å². The lowest BCUT2D eigenvalue weighted by Gasteiger charge is -2.17. The molecule has 0 saturated carbocycles. The molecule has 2 N–H and O–H groups in total. The number of carbonyl (C=O) groups excluding carboxylic acids is 1. The molecule has 3 aromatic carbocycles. The lowest BCUT2D eigenvalue weighted by molar-refractivity contribution is -0.116. The summed E-state index contributed by atoms with van der Waals surface area (Å²) in [6.07, 6.45) is 0. The Bertz CT molecular complexity index is 1300. The van der Waals surface area contributed by atoms with Gasteiger partial charge in [0.2, 0.25) is 15.9 Å². The quantitative estimate of drug-likeness (QED) is 0.481. The Labute approximate surface area is 178 Å². The number of sulfonamides is 1. The molecule has 1 aromatic heterocycles. The molecule has 1 heterocycles. The zero-order valence-electron chi connectivity index (χ0n) is 16.5. The van der Waals surface area contributed by atoms with Crippen LogP contribution in [0.15, 0.2) is 77.7 Å². The Balaban J connectivity index is 1.42. The Morgan fingerprint density at radius 3 is 2.39 bits per heavy atom. The number of amides is 1. The first kappa shape index (κ1) is 20.7. The van der Waals surface area contributed by atoms with Crippen molar-refractivity contribution in [2.45, 2.75) is 4.90 Å². The standard InChI is InChI=1S/C22H19FN4O3S/c1-27(31(29,30)18-12-8-16(23)9-13-18)14-21(28)24-17-10-6-15(7-11-17)22-25-19-4-2-3-5-20(19)26-22/h2-13H,14H2,1H3,(H,24,28)(H,25,26). The first-order valence-corrected chi connectivity index (χ1v) is 10.8. The molecule has 0 atom stereocenters. The van der Waals surface area contributed by atoms with E-state index in [1.807, 2.05) is 36.4 Å². The van der Waals surface area contributed by atoms with Crippen LogP contribution in [0.3, 0.4) is 0 Å². The van der Waals surface area contributed by atoms with Crippen LogP contribution in [0.2, 0.25) is 0 Å². The number of nitrogens with one attached hydrogen (secondary N) is 2. The van der Waals surface area contributed by atoms with Gasteiger partial charge in [-0.15, -0.1) is 0 Å². The molecule has 0 aliphatic carbocycles. The normalized spacial score (nSPS) is 11.7. The molecule has 7 nitrogen and oxygen atoms in total. The maximum absolute atomic E-state index is 13.0. The second-order valence-electron chi connectivity index (χ2n) is 6.94. The first-order chi connectivity index (χ1) is 14.8. The van der Waals surface area contributed by atoms with E-state index in [2.05, 4.69) is 15.3 Å². The molecule has 4 rings (SSSR count). The molecule has 1 amide bonds. The van der Waals surface area contributed by atoms with Crippen molar-refractivity contribution >= 4 is 32.7 Å². The van der Waals surface area contributed by atoms with Crippen molar-refractivity contribution in [3.8, 4) is 11.4 Å². The molecule has 4 aromatic rings. The number of aromatic amines is 1. The number of aromatic nitrogens is 2. The number of carbonyl (C=O) groups is 1. The van der Waals surface area contributed by atoms with E-state index in [1.165, 1.54) is 7.05 Å². The van der Waals surface area contributed by atoms with Gasteiger partial charge in [-0.1, -0.05) is 12.1 Å². The average Bonchev–Trinajstić information content (AvgIpc) is 3.18. The highest BCUT2D eigenvalue weighted by atomic mass is 32.2. The molecule has 9 heteroatoms. The molecule has 0 spiro atoms. The lowest BCUT2D eigenvalue weighted by atomic mass is 10.2. The smallest absolute Gasteiger partial charge is 0.243 e. The van der Waals surface area contributed by atoms with Gasteiger partial charge in [0.15, 0.2) is 0 Å². The molecule has 0 radical (unpaired) electrons. The Kier molecular flexibility index (Phi) is 5.53. The highest BCUT2D eigenvalue weighted by Gasteiger charge is 2.23. The molecule has 0 aliphatic rings. The maximum atomic E-state index is 13.0. The molecule has 0 aliphatic heterocycles. The maximum Gasteiger partial charge on any atom is 0.243 e. The minimum atomic E-state index is -3.91. The number of halogens is 1. The second-order valence-corrected chi connectivity index (χ2v) is 8.99. The minimum Gasteiger partial charge on any atom is -0.338 e. The van der Waals surface area contributed by atoms with Gasteiger partial charge < -0.3 is 10.3 Å². The average molecular weight is 438 g/mol. The van der Waals surface area contributed by atoms with Crippen molar-refractivity contribution in [3.63, 3.8) is 0 Å². The number of rotatable bonds is 6. The Morgan fingerprint density at radius 1 is 1.03 bits per heavy atom. The number of hydrogen-bond donors (Lipinski definition) is 2. The fraction of sp³-hybridized carbons (Fsp3) is 0.0909. The van der Waals surface area contributed by atoms with Crippen LogP contribution in [0.25, 0.3) is 22.4 Å². The van der Waals surface area contributed by atoms with E-state index in [0.717, 1.165) is 45.2 Å². The van der Waals surface area contributed by atoms with Crippen molar-refractivity contribution in [3.05, 3.63) is 78.6 Å². The van der Waals surface area contributed by atoms with Gasteiger partial charge in [-0.05, 0) is 60.7 Å². The zero-order valence-corrected chi connectivity index (χ0v) is 17.4. The van der Waals surface area contributed by atoms with E-state index in [4.69, 9.17) is 0 Å². The number of likely N-dealkylation sites (N-methyl/N-ethyl adjacent to an activating group) is 1. The third-order valence-corrected chi connectivity index (χ3v) is 6.54. The van der Waals surface area contributed by atoms with Crippen molar-refractivity contribution in [2.24, 2.45) is 0 Å². The van der Waals surface area contributed by atoms with Crippen LogP contribution in [-0.2, 0) is 14.8 Å². The van der Waals surface area contributed by atoms with E-state index >= 15 is 0 Å². The highest BCUT2D eigenvalue weighted by Crippen LogP contribution is 2.22. The number of fused-ring (bicyclic) bond motifs is 1. The van der Waals surface area contributed by atoms with E-state index in [0.29, 0.717) is 11.5 Å². The number of imidazole rings is 1. The molecular weight excluding hydrogens is 419 g/mol. The van der Waals surface area contributed by atoms with Crippen LogP contribution >= 0.6 is 0 Å². The monoisotopic (exact) mass is 438 g/mol. The minimum absolute atomic E-state index is 0.0839. The number of para-hydroxylation sites is 2. The number of hydrogen-bond acceptors (Lipinski definition) is 4. The zero-order chi connectivity index (χ0) is 22.0. The van der Waals surface area contributed by atoms with Gasteiger partial charge in [0, 0.05) is 18.3 Å². The second kappa shape index (κ2) is 8.29. The van der Waals surface area contributed by atoms with Crippen molar-refractivity contribution in [1.82, 2.24) is 14.3 Å². The summed E-state index contributed by atoms with van der Waals surface area (Å²) in [6.45, 7) is -0.384. The summed E-state index contributed by atoms with van der Waals surface area (Å²) in [5.74, 6) is -0.320.